The molecule has 3 aromatic rings. The summed E-state index contributed by atoms with van der Waals surface area (Å²) in [7, 11) is 0. The predicted molar refractivity (Wildman–Crippen MR) is 154 cm³/mol. The van der Waals surface area contributed by atoms with Crippen LogP contribution in [0.5, 0.6) is 0 Å². The van der Waals surface area contributed by atoms with Gasteiger partial charge in [0.05, 0.1) is 11.8 Å². The third-order valence-corrected chi connectivity index (χ3v) is 8.91. The Morgan fingerprint density at radius 2 is 1.24 bits per heavy atom. The fourth-order valence-electron chi connectivity index (χ4n) is 7.08. The van der Waals surface area contributed by atoms with E-state index in [-0.39, 0.29) is 54.4 Å². The molecule has 2 bridgehead atoms. The van der Waals surface area contributed by atoms with Crippen LogP contribution in [0.4, 0.5) is 5.69 Å². The van der Waals surface area contributed by atoms with Gasteiger partial charge in [0.25, 0.3) is 5.91 Å². The normalized spacial score (nSPS) is 21.8. The van der Waals surface area contributed by atoms with Gasteiger partial charge in [-0.2, -0.15) is 0 Å². The molecule has 7 heteroatoms. The van der Waals surface area contributed by atoms with Crippen LogP contribution in [-0.4, -0.2) is 41.7 Å². The highest BCUT2D eigenvalue weighted by molar-refractivity contribution is 6.07. The number of likely N-dealkylation sites (tertiary alicyclic amines) is 1. The Bertz CT molecular complexity index is 1410. The van der Waals surface area contributed by atoms with Crippen LogP contribution in [0, 0.1) is 25.7 Å². The van der Waals surface area contributed by atoms with Crippen molar-refractivity contribution >= 4 is 29.4 Å². The standard InChI is InChI=1S/C34H34N2O5/c1-20-11-10-12-21(2)32(20)35-26(37)19-41-27(38)17-4-3-9-18-36-33(39)30-28-22-13-5-6-14-23(22)29(31(30)34(36)40)25-16-8-7-15-24(25)28/h5-8,10-16,28-31H,3-4,9,17-19H2,1-2H3,(H,35,37)/t28?,29?,30-,31-/m0/s1. The van der Waals surface area contributed by atoms with Crippen molar-refractivity contribution in [2.75, 3.05) is 18.5 Å². The van der Waals surface area contributed by atoms with Crippen molar-refractivity contribution in [1.82, 2.24) is 4.90 Å². The Morgan fingerprint density at radius 3 is 1.76 bits per heavy atom. The van der Waals surface area contributed by atoms with Crippen molar-refractivity contribution in [1.29, 1.82) is 0 Å². The lowest BCUT2D eigenvalue weighted by Crippen LogP contribution is -2.41. The zero-order valence-corrected chi connectivity index (χ0v) is 23.4. The number of amides is 3. The number of hydrogen-bond acceptors (Lipinski definition) is 5. The van der Waals surface area contributed by atoms with Crippen LogP contribution >= 0.6 is 0 Å². The fraction of sp³-hybridized carbons (Fsp3) is 0.353. The first-order chi connectivity index (χ1) is 19.9. The van der Waals surface area contributed by atoms with Crippen molar-refractivity contribution < 1.29 is 23.9 Å². The van der Waals surface area contributed by atoms with E-state index in [1.54, 1.807) is 0 Å². The number of para-hydroxylation sites is 1. The number of nitrogens with zero attached hydrogens (tertiary/aromatic N) is 1. The number of carbonyl (C=O) groups excluding carboxylic acids is 4. The van der Waals surface area contributed by atoms with Crippen LogP contribution < -0.4 is 5.32 Å². The van der Waals surface area contributed by atoms with E-state index in [4.69, 9.17) is 4.74 Å². The number of imide groups is 1. The summed E-state index contributed by atoms with van der Waals surface area (Å²) in [5, 5.41) is 2.81. The van der Waals surface area contributed by atoms with Crippen molar-refractivity contribution in [3.8, 4) is 0 Å². The molecule has 41 heavy (non-hydrogen) atoms. The monoisotopic (exact) mass is 550 g/mol. The second-order valence-electron chi connectivity index (χ2n) is 11.4. The van der Waals surface area contributed by atoms with Gasteiger partial charge in [0, 0.05) is 30.5 Å². The van der Waals surface area contributed by atoms with E-state index in [0.29, 0.717) is 25.8 Å². The molecule has 1 N–H and O–H groups in total. The van der Waals surface area contributed by atoms with E-state index in [0.717, 1.165) is 16.8 Å². The lowest BCUT2D eigenvalue weighted by atomic mass is 9.55. The van der Waals surface area contributed by atoms with Gasteiger partial charge in [0.1, 0.15) is 0 Å². The maximum atomic E-state index is 13.6. The van der Waals surface area contributed by atoms with Crippen LogP contribution in [0.1, 0.15) is 70.9 Å². The summed E-state index contributed by atoms with van der Waals surface area (Å²) < 4.78 is 5.16. The average Bonchev–Trinajstić information content (AvgIpc) is 3.23. The summed E-state index contributed by atoms with van der Waals surface area (Å²) in [4.78, 5) is 53.2. The van der Waals surface area contributed by atoms with E-state index < -0.39 is 5.97 Å². The quantitative estimate of drug-likeness (QED) is 0.224. The molecule has 0 aromatic heterocycles. The van der Waals surface area contributed by atoms with Gasteiger partial charge < -0.3 is 10.1 Å². The van der Waals surface area contributed by atoms with E-state index >= 15 is 0 Å². The van der Waals surface area contributed by atoms with Gasteiger partial charge in [0.15, 0.2) is 6.61 Å². The minimum atomic E-state index is -0.437. The lowest BCUT2D eigenvalue weighted by Gasteiger charge is -2.45. The number of anilines is 1. The highest BCUT2D eigenvalue weighted by Crippen LogP contribution is 2.60. The molecule has 3 aromatic carbocycles. The third-order valence-electron chi connectivity index (χ3n) is 8.91. The molecule has 1 fully saturated rings. The van der Waals surface area contributed by atoms with E-state index in [2.05, 4.69) is 29.6 Å². The van der Waals surface area contributed by atoms with E-state index in [9.17, 15) is 19.2 Å². The molecule has 7 rings (SSSR count). The zero-order chi connectivity index (χ0) is 28.7. The number of hydrogen-bond donors (Lipinski definition) is 1. The number of ether oxygens (including phenoxy) is 1. The Hall–Kier alpha value is -4.26. The van der Waals surface area contributed by atoms with Gasteiger partial charge >= 0.3 is 5.97 Å². The topological polar surface area (TPSA) is 92.8 Å². The summed E-state index contributed by atoms with van der Waals surface area (Å²) in [5.41, 5.74) is 7.30. The first-order valence-electron chi connectivity index (χ1n) is 14.4. The second kappa shape index (κ2) is 11.0. The minimum absolute atomic E-state index is 0.0756. The summed E-state index contributed by atoms with van der Waals surface area (Å²) >= 11 is 0. The van der Waals surface area contributed by atoms with Gasteiger partial charge in [-0.1, -0.05) is 73.2 Å². The highest BCUT2D eigenvalue weighted by Gasteiger charge is 2.61. The molecule has 2 atom stereocenters. The Morgan fingerprint density at radius 1 is 0.732 bits per heavy atom. The number of nitrogens with one attached hydrogen (secondary N) is 1. The number of rotatable bonds is 9. The molecule has 0 radical (unpaired) electrons. The molecule has 0 saturated carbocycles. The molecule has 1 saturated heterocycles. The van der Waals surface area contributed by atoms with E-state index in [1.807, 2.05) is 56.3 Å². The summed E-state index contributed by atoms with van der Waals surface area (Å²) in [6.45, 7) is 3.84. The predicted octanol–water partition coefficient (Wildman–Crippen LogP) is 5.24. The highest BCUT2D eigenvalue weighted by atomic mass is 16.5. The smallest absolute Gasteiger partial charge is 0.306 e. The molecular formula is C34H34N2O5. The van der Waals surface area contributed by atoms with Crippen LogP contribution in [0.25, 0.3) is 0 Å². The first-order valence-corrected chi connectivity index (χ1v) is 14.4. The average molecular weight is 551 g/mol. The molecule has 1 aliphatic heterocycles. The molecule has 4 aliphatic rings. The molecule has 3 aliphatic carbocycles. The van der Waals surface area contributed by atoms with Crippen LogP contribution in [0.3, 0.4) is 0 Å². The SMILES string of the molecule is Cc1cccc(C)c1NC(=O)COC(=O)CCCCCN1C(=O)[C@H]2C3c4ccccc4C(c4ccccc43)[C@@H]2C1=O. The Balaban J connectivity index is 1.00. The molecular weight excluding hydrogens is 516 g/mol. The second-order valence-corrected chi connectivity index (χ2v) is 11.4. The molecule has 0 spiro atoms. The number of aryl methyl sites for hydroxylation is 2. The van der Waals surface area contributed by atoms with Gasteiger partial charge in [-0.3, -0.25) is 24.1 Å². The molecule has 3 amide bonds. The summed E-state index contributed by atoms with van der Waals surface area (Å²) in [5.74, 6) is -1.87. The van der Waals surface area contributed by atoms with E-state index in [1.165, 1.54) is 27.2 Å². The first kappa shape index (κ1) is 26.9. The molecule has 1 heterocycles. The Labute approximate surface area is 239 Å². The number of esters is 1. The van der Waals surface area contributed by atoms with Gasteiger partial charge in [-0.15, -0.1) is 0 Å². The summed E-state index contributed by atoms with van der Waals surface area (Å²) in [6, 6.07) is 22.2. The van der Waals surface area contributed by atoms with Crippen molar-refractivity contribution in [2.45, 2.75) is 51.4 Å². The number of unbranched alkanes of at least 4 members (excludes halogenated alkanes) is 2. The van der Waals surface area contributed by atoms with Crippen molar-refractivity contribution in [2.24, 2.45) is 11.8 Å². The van der Waals surface area contributed by atoms with Crippen LogP contribution in [0.15, 0.2) is 66.7 Å². The Kier molecular flexibility index (Phi) is 7.20. The molecule has 0 unspecified atom stereocenters. The number of benzene rings is 3. The zero-order valence-electron chi connectivity index (χ0n) is 23.4. The third kappa shape index (κ3) is 4.73. The fourth-order valence-corrected chi connectivity index (χ4v) is 7.08. The van der Waals surface area contributed by atoms with Gasteiger partial charge in [-0.05, 0) is 60.1 Å². The maximum absolute atomic E-state index is 13.6. The molecule has 7 nitrogen and oxygen atoms in total. The van der Waals surface area contributed by atoms with Crippen LogP contribution in [-0.2, 0) is 23.9 Å². The minimum Gasteiger partial charge on any atom is -0.456 e. The van der Waals surface area contributed by atoms with Crippen molar-refractivity contribution in [3.05, 3.63) is 100 Å². The molecule has 210 valence electrons. The van der Waals surface area contributed by atoms with Crippen molar-refractivity contribution in [3.63, 3.8) is 0 Å². The summed E-state index contributed by atoms with van der Waals surface area (Å²) in [6.07, 6.45) is 2.02. The van der Waals surface area contributed by atoms with Crippen LogP contribution in [0.2, 0.25) is 0 Å². The largest absolute Gasteiger partial charge is 0.456 e. The van der Waals surface area contributed by atoms with Gasteiger partial charge in [-0.25, -0.2) is 0 Å². The maximum Gasteiger partial charge on any atom is 0.306 e. The van der Waals surface area contributed by atoms with Gasteiger partial charge in [0.2, 0.25) is 11.8 Å². The lowest BCUT2D eigenvalue weighted by molar-refractivity contribution is -0.147. The number of carbonyl (C=O) groups is 4.